The molecule has 1 aliphatic heterocycles. The molecule has 2 aromatic carbocycles. The second kappa shape index (κ2) is 6.82. The van der Waals surface area contributed by atoms with Crippen molar-refractivity contribution in [2.45, 2.75) is 13.1 Å². The maximum Gasteiger partial charge on any atom is 0.251 e. The van der Waals surface area contributed by atoms with Crippen LogP contribution < -0.4 is 19.5 Å². The lowest BCUT2D eigenvalue weighted by Crippen LogP contribution is -2.12. The fraction of sp³-hybridized carbons (Fsp3) is 0.222. The average Bonchev–Trinajstić information content (AvgIpc) is 3.30. The zero-order valence-corrected chi connectivity index (χ0v) is 13.7. The van der Waals surface area contributed by atoms with Crippen LogP contribution in [0.5, 0.6) is 17.2 Å². The first-order valence-electron chi connectivity index (χ1n) is 7.88. The smallest absolute Gasteiger partial charge is 0.251 e. The van der Waals surface area contributed by atoms with E-state index in [1.807, 2.05) is 42.5 Å². The summed E-state index contributed by atoms with van der Waals surface area (Å²) in [7, 11) is 1.61. The molecule has 25 heavy (non-hydrogen) atoms. The highest BCUT2D eigenvalue weighted by atomic mass is 16.7. The Morgan fingerprint density at radius 2 is 1.92 bits per heavy atom. The third-order valence-corrected chi connectivity index (χ3v) is 3.85. The number of aromatic nitrogens is 2. The van der Waals surface area contributed by atoms with E-state index in [2.05, 4.69) is 15.5 Å². The Balaban J connectivity index is 1.38. The van der Waals surface area contributed by atoms with Crippen molar-refractivity contribution in [3.63, 3.8) is 0 Å². The minimum absolute atomic E-state index is 0.278. The van der Waals surface area contributed by atoms with Crippen molar-refractivity contribution in [3.8, 4) is 28.7 Å². The first-order valence-corrected chi connectivity index (χ1v) is 7.88. The van der Waals surface area contributed by atoms with E-state index in [-0.39, 0.29) is 6.79 Å². The molecular formula is C18H17N3O4. The predicted molar refractivity (Wildman–Crippen MR) is 89.4 cm³/mol. The summed E-state index contributed by atoms with van der Waals surface area (Å²) in [6.07, 6.45) is 0. The summed E-state index contributed by atoms with van der Waals surface area (Å²) >= 11 is 0. The van der Waals surface area contributed by atoms with Gasteiger partial charge in [-0.1, -0.05) is 18.2 Å². The van der Waals surface area contributed by atoms with Gasteiger partial charge in [0.1, 0.15) is 5.75 Å². The second-order valence-electron chi connectivity index (χ2n) is 5.49. The third-order valence-electron chi connectivity index (χ3n) is 3.85. The molecular weight excluding hydrogens is 322 g/mol. The SMILES string of the molecule is COc1ccccc1-c1nnc(CNCc2ccc3c(c2)OCO3)o1. The molecule has 0 saturated carbocycles. The summed E-state index contributed by atoms with van der Waals surface area (Å²) in [5, 5.41) is 11.5. The van der Waals surface area contributed by atoms with Crippen LogP contribution >= 0.6 is 0 Å². The van der Waals surface area contributed by atoms with Gasteiger partial charge in [-0.3, -0.25) is 0 Å². The molecule has 128 valence electrons. The molecule has 7 heteroatoms. The van der Waals surface area contributed by atoms with Gasteiger partial charge in [0.25, 0.3) is 5.89 Å². The minimum atomic E-state index is 0.278. The molecule has 1 aromatic heterocycles. The van der Waals surface area contributed by atoms with Crippen molar-refractivity contribution < 1.29 is 18.6 Å². The number of para-hydroxylation sites is 1. The van der Waals surface area contributed by atoms with Crippen LogP contribution in [-0.4, -0.2) is 24.1 Å². The van der Waals surface area contributed by atoms with Crippen LogP contribution in [-0.2, 0) is 13.1 Å². The van der Waals surface area contributed by atoms with Gasteiger partial charge in [-0.2, -0.15) is 0 Å². The molecule has 3 aromatic rings. The molecule has 0 radical (unpaired) electrons. The van der Waals surface area contributed by atoms with Crippen LogP contribution in [0.4, 0.5) is 0 Å². The van der Waals surface area contributed by atoms with Crippen LogP contribution in [0.25, 0.3) is 11.5 Å². The van der Waals surface area contributed by atoms with Gasteiger partial charge < -0.3 is 23.9 Å². The van der Waals surface area contributed by atoms with Crippen LogP contribution in [0.1, 0.15) is 11.5 Å². The number of hydrogen-bond donors (Lipinski definition) is 1. The molecule has 0 bridgehead atoms. The molecule has 7 nitrogen and oxygen atoms in total. The van der Waals surface area contributed by atoms with E-state index in [0.29, 0.717) is 30.6 Å². The lowest BCUT2D eigenvalue weighted by Gasteiger charge is -2.04. The monoisotopic (exact) mass is 339 g/mol. The van der Waals surface area contributed by atoms with E-state index in [9.17, 15) is 0 Å². The Bertz CT molecular complexity index is 878. The Hall–Kier alpha value is -3.06. The molecule has 0 saturated heterocycles. The lowest BCUT2D eigenvalue weighted by atomic mass is 10.2. The maximum atomic E-state index is 5.71. The van der Waals surface area contributed by atoms with Crippen molar-refractivity contribution in [1.29, 1.82) is 0 Å². The summed E-state index contributed by atoms with van der Waals surface area (Å²) in [6, 6.07) is 13.4. The van der Waals surface area contributed by atoms with Crippen LogP contribution in [0, 0.1) is 0 Å². The quantitative estimate of drug-likeness (QED) is 0.740. The summed E-state index contributed by atoms with van der Waals surface area (Å²) in [5.74, 6) is 3.21. The van der Waals surface area contributed by atoms with E-state index in [1.165, 1.54) is 0 Å². The molecule has 0 fully saturated rings. The minimum Gasteiger partial charge on any atom is -0.496 e. The standard InChI is InChI=1S/C18H17N3O4/c1-22-14-5-3-2-4-13(14)18-21-20-17(25-18)10-19-9-12-6-7-15-16(8-12)24-11-23-15/h2-8,19H,9-11H2,1H3. The molecule has 4 rings (SSSR count). The molecule has 1 N–H and O–H groups in total. The molecule has 0 atom stereocenters. The molecule has 0 unspecified atom stereocenters. The van der Waals surface area contributed by atoms with Gasteiger partial charge in [-0.15, -0.1) is 10.2 Å². The Labute approximate surface area is 144 Å². The number of rotatable bonds is 6. The Morgan fingerprint density at radius 1 is 1.04 bits per heavy atom. The van der Waals surface area contributed by atoms with E-state index < -0.39 is 0 Å². The number of ether oxygens (including phenoxy) is 3. The third kappa shape index (κ3) is 3.27. The van der Waals surface area contributed by atoms with Crippen molar-refractivity contribution in [2.75, 3.05) is 13.9 Å². The number of benzene rings is 2. The molecule has 0 aliphatic carbocycles. The number of nitrogens with zero attached hydrogens (tertiary/aromatic N) is 2. The number of fused-ring (bicyclic) bond motifs is 1. The molecule has 1 aliphatic rings. The number of nitrogens with one attached hydrogen (secondary N) is 1. The van der Waals surface area contributed by atoms with Crippen LogP contribution in [0.15, 0.2) is 46.9 Å². The molecule has 0 spiro atoms. The number of hydrogen-bond acceptors (Lipinski definition) is 7. The highest BCUT2D eigenvalue weighted by Crippen LogP contribution is 2.32. The van der Waals surface area contributed by atoms with Gasteiger partial charge in [0.2, 0.25) is 12.7 Å². The van der Waals surface area contributed by atoms with E-state index in [4.69, 9.17) is 18.6 Å². The highest BCUT2D eigenvalue weighted by Gasteiger charge is 2.14. The fourth-order valence-electron chi connectivity index (χ4n) is 2.62. The molecule has 0 amide bonds. The van der Waals surface area contributed by atoms with E-state index >= 15 is 0 Å². The average molecular weight is 339 g/mol. The first kappa shape index (κ1) is 15.5. The fourth-order valence-corrected chi connectivity index (χ4v) is 2.62. The largest absolute Gasteiger partial charge is 0.496 e. The summed E-state index contributed by atoms with van der Waals surface area (Å²) < 4.78 is 21.7. The van der Waals surface area contributed by atoms with E-state index in [1.54, 1.807) is 7.11 Å². The predicted octanol–water partition coefficient (Wildman–Crippen LogP) is 2.76. The zero-order valence-electron chi connectivity index (χ0n) is 13.7. The van der Waals surface area contributed by atoms with Crippen LogP contribution in [0.2, 0.25) is 0 Å². The molecule has 2 heterocycles. The summed E-state index contributed by atoms with van der Waals surface area (Å²) in [4.78, 5) is 0. The highest BCUT2D eigenvalue weighted by molar-refractivity contribution is 5.62. The van der Waals surface area contributed by atoms with E-state index in [0.717, 1.165) is 22.6 Å². The van der Waals surface area contributed by atoms with Gasteiger partial charge in [-0.25, -0.2) is 0 Å². The first-order chi connectivity index (χ1) is 12.3. The zero-order chi connectivity index (χ0) is 17.1. The maximum absolute atomic E-state index is 5.71. The van der Waals surface area contributed by atoms with Crippen molar-refractivity contribution >= 4 is 0 Å². The normalized spacial score (nSPS) is 12.4. The lowest BCUT2D eigenvalue weighted by molar-refractivity contribution is 0.174. The van der Waals surface area contributed by atoms with Crippen molar-refractivity contribution in [2.24, 2.45) is 0 Å². The van der Waals surface area contributed by atoms with Gasteiger partial charge in [0.15, 0.2) is 11.5 Å². The Morgan fingerprint density at radius 3 is 2.84 bits per heavy atom. The summed E-state index contributed by atoms with van der Waals surface area (Å²) in [5.41, 5.74) is 1.87. The van der Waals surface area contributed by atoms with Gasteiger partial charge in [-0.05, 0) is 29.8 Å². The van der Waals surface area contributed by atoms with Gasteiger partial charge in [0, 0.05) is 6.54 Å². The number of methoxy groups -OCH3 is 1. The van der Waals surface area contributed by atoms with Crippen molar-refractivity contribution in [1.82, 2.24) is 15.5 Å². The second-order valence-corrected chi connectivity index (χ2v) is 5.49. The topological polar surface area (TPSA) is 78.6 Å². The van der Waals surface area contributed by atoms with Gasteiger partial charge >= 0.3 is 0 Å². The summed E-state index contributed by atoms with van der Waals surface area (Å²) in [6.45, 7) is 1.40. The van der Waals surface area contributed by atoms with Gasteiger partial charge in [0.05, 0.1) is 19.2 Å². The van der Waals surface area contributed by atoms with Crippen LogP contribution in [0.3, 0.4) is 0 Å². The van der Waals surface area contributed by atoms with Crippen molar-refractivity contribution in [3.05, 3.63) is 53.9 Å². The Kier molecular flexibility index (Phi) is 4.22.